The van der Waals surface area contributed by atoms with Crippen LogP contribution in [0.25, 0.3) is 11.4 Å². The van der Waals surface area contributed by atoms with E-state index in [-0.39, 0.29) is 17.3 Å². The number of nitrogens with one attached hydrogen (secondary N) is 2. The second-order valence-electron chi connectivity index (χ2n) is 8.65. The lowest BCUT2D eigenvalue weighted by atomic mass is 10.1. The van der Waals surface area contributed by atoms with Crippen molar-refractivity contribution in [3.8, 4) is 11.4 Å². The van der Waals surface area contributed by atoms with E-state index in [1.54, 1.807) is 18.5 Å². The van der Waals surface area contributed by atoms with Gasteiger partial charge in [0.1, 0.15) is 11.6 Å². The Morgan fingerprint density at radius 3 is 2.82 bits per heavy atom. The Morgan fingerprint density at radius 1 is 1.12 bits per heavy atom. The summed E-state index contributed by atoms with van der Waals surface area (Å²) >= 11 is 6.10. The van der Waals surface area contributed by atoms with Crippen molar-refractivity contribution >= 4 is 29.0 Å². The van der Waals surface area contributed by atoms with E-state index >= 15 is 0 Å². The van der Waals surface area contributed by atoms with Crippen LogP contribution in [0.2, 0.25) is 5.02 Å². The van der Waals surface area contributed by atoms with E-state index in [1.165, 1.54) is 31.0 Å². The van der Waals surface area contributed by atoms with Crippen LogP contribution < -0.4 is 10.6 Å². The molecule has 1 fully saturated rings. The minimum Gasteiger partial charge on any atom is -0.351 e. The SMILES string of the molecule is O=C(NCCN1CCCC1)c1cnccc1Nc1nc(-c2cc(Cl)ccc2F)nc2c1CCC2. The first-order chi connectivity index (χ1) is 16.6. The zero-order valence-electron chi connectivity index (χ0n) is 18.8. The van der Waals surface area contributed by atoms with E-state index in [9.17, 15) is 9.18 Å². The average Bonchev–Trinajstić information content (AvgIpc) is 3.53. The molecule has 3 aromatic rings. The molecule has 0 unspecified atom stereocenters. The number of carbonyl (C=O) groups is 1. The lowest BCUT2D eigenvalue weighted by molar-refractivity contribution is 0.0950. The Kier molecular flexibility index (Phi) is 6.69. The molecule has 0 atom stereocenters. The first-order valence-electron chi connectivity index (χ1n) is 11.7. The van der Waals surface area contributed by atoms with Crippen LogP contribution in [-0.4, -0.2) is 51.9 Å². The van der Waals surface area contributed by atoms with Crippen molar-refractivity contribution in [3.05, 3.63) is 64.3 Å². The van der Waals surface area contributed by atoms with Gasteiger partial charge in [-0.2, -0.15) is 0 Å². The van der Waals surface area contributed by atoms with Gasteiger partial charge in [-0.3, -0.25) is 9.78 Å². The van der Waals surface area contributed by atoms with Crippen LogP contribution in [0, 0.1) is 5.82 Å². The van der Waals surface area contributed by atoms with Gasteiger partial charge in [0.15, 0.2) is 5.82 Å². The summed E-state index contributed by atoms with van der Waals surface area (Å²) in [5, 5.41) is 6.72. The Labute approximate surface area is 202 Å². The van der Waals surface area contributed by atoms with E-state index < -0.39 is 5.82 Å². The maximum atomic E-state index is 14.5. The highest BCUT2D eigenvalue weighted by molar-refractivity contribution is 6.30. The third kappa shape index (κ3) is 4.88. The average molecular weight is 481 g/mol. The second-order valence-corrected chi connectivity index (χ2v) is 9.09. The van der Waals surface area contributed by atoms with Crippen LogP contribution in [0.3, 0.4) is 0 Å². The minimum atomic E-state index is -0.435. The molecule has 9 heteroatoms. The summed E-state index contributed by atoms with van der Waals surface area (Å²) in [6.45, 7) is 3.59. The van der Waals surface area contributed by atoms with Gasteiger partial charge in [-0.15, -0.1) is 0 Å². The van der Waals surface area contributed by atoms with Gasteiger partial charge >= 0.3 is 0 Å². The Hall–Kier alpha value is -3.10. The molecule has 176 valence electrons. The van der Waals surface area contributed by atoms with Crippen molar-refractivity contribution in [1.29, 1.82) is 0 Å². The maximum Gasteiger partial charge on any atom is 0.255 e. The summed E-state index contributed by atoms with van der Waals surface area (Å²) in [7, 11) is 0. The molecule has 34 heavy (non-hydrogen) atoms. The molecule has 0 spiro atoms. The summed E-state index contributed by atoms with van der Waals surface area (Å²) in [5.41, 5.74) is 3.16. The maximum absolute atomic E-state index is 14.5. The molecule has 3 heterocycles. The first kappa shape index (κ1) is 22.7. The van der Waals surface area contributed by atoms with E-state index in [0.29, 0.717) is 28.6 Å². The molecule has 2 aliphatic rings. The first-order valence-corrected chi connectivity index (χ1v) is 12.0. The molecule has 0 radical (unpaired) electrons. The molecule has 1 saturated heterocycles. The van der Waals surface area contributed by atoms with Crippen LogP contribution >= 0.6 is 11.6 Å². The zero-order valence-corrected chi connectivity index (χ0v) is 19.5. The van der Waals surface area contributed by atoms with Crippen LogP contribution in [0.15, 0.2) is 36.7 Å². The predicted molar refractivity (Wildman–Crippen MR) is 130 cm³/mol. The van der Waals surface area contributed by atoms with Crippen LogP contribution in [-0.2, 0) is 12.8 Å². The quantitative estimate of drug-likeness (QED) is 0.522. The standard InChI is InChI=1S/C25H26ClFN6O/c26-16-6-7-20(27)18(14-16)24-30-21-5-3-4-17(21)23(32-24)31-22-8-9-28-15-19(22)25(34)29-10-13-33-11-1-2-12-33/h6-9,14-15H,1-5,10-13H2,(H,29,34)(H,28,30,31,32). The molecule has 1 aliphatic carbocycles. The van der Waals surface area contributed by atoms with E-state index in [0.717, 1.165) is 50.2 Å². The number of nitrogens with zero attached hydrogens (tertiary/aromatic N) is 4. The van der Waals surface area contributed by atoms with Gasteiger partial charge in [-0.25, -0.2) is 14.4 Å². The minimum absolute atomic E-state index is 0.193. The van der Waals surface area contributed by atoms with Gasteiger partial charge in [-0.1, -0.05) is 11.6 Å². The number of anilines is 2. The van der Waals surface area contributed by atoms with E-state index in [2.05, 4.69) is 30.5 Å². The van der Waals surface area contributed by atoms with Gasteiger partial charge < -0.3 is 15.5 Å². The van der Waals surface area contributed by atoms with Crippen LogP contribution in [0.1, 0.15) is 40.9 Å². The predicted octanol–water partition coefficient (Wildman–Crippen LogP) is 4.39. The number of pyridine rings is 1. The summed E-state index contributed by atoms with van der Waals surface area (Å²) in [6, 6.07) is 6.09. The highest BCUT2D eigenvalue weighted by Gasteiger charge is 2.23. The molecule has 5 rings (SSSR count). The molecule has 1 amide bonds. The molecule has 0 bridgehead atoms. The molecular weight excluding hydrogens is 455 g/mol. The topological polar surface area (TPSA) is 83.0 Å². The van der Waals surface area contributed by atoms with Gasteiger partial charge in [-0.05, 0) is 69.5 Å². The highest BCUT2D eigenvalue weighted by Crippen LogP contribution is 2.33. The van der Waals surface area contributed by atoms with Crippen molar-refractivity contribution in [2.45, 2.75) is 32.1 Å². The van der Waals surface area contributed by atoms with E-state index in [4.69, 9.17) is 11.6 Å². The fourth-order valence-corrected chi connectivity index (χ4v) is 4.74. The number of rotatable bonds is 7. The van der Waals surface area contributed by atoms with Crippen LogP contribution in [0.5, 0.6) is 0 Å². The number of hydrogen-bond donors (Lipinski definition) is 2. The normalized spacial score (nSPS) is 15.4. The third-order valence-corrected chi connectivity index (χ3v) is 6.57. The molecule has 0 saturated carbocycles. The number of halogens is 2. The molecule has 2 aromatic heterocycles. The lowest BCUT2D eigenvalue weighted by Gasteiger charge is -2.17. The second kappa shape index (κ2) is 10.0. The third-order valence-electron chi connectivity index (χ3n) is 6.33. The molecule has 1 aromatic carbocycles. The number of hydrogen-bond acceptors (Lipinski definition) is 6. The Morgan fingerprint density at radius 2 is 1.97 bits per heavy atom. The molecular formula is C25H26ClFN6O. The number of carbonyl (C=O) groups excluding carboxylic acids is 1. The largest absolute Gasteiger partial charge is 0.351 e. The van der Waals surface area contributed by atoms with Crippen molar-refractivity contribution in [1.82, 2.24) is 25.2 Å². The number of benzene rings is 1. The van der Waals surface area contributed by atoms with Gasteiger partial charge in [0.05, 0.1) is 16.8 Å². The Balaban J connectivity index is 1.41. The van der Waals surface area contributed by atoms with Crippen molar-refractivity contribution < 1.29 is 9.18 Å². The summed E-state index contributed by atoms with van der Waals surface area (Å²) in [4.78, 5) is 28.7. The van der Waals surface area contributed by atoms with Gasteiger partial charge in [0.25, 0.3) is 5.91 Å². The zero-order chi connectivity index (χ0) is 23.5. The number of aromatic nitrogens is 3. The fraction of sp³-hybridized carbons (Fsp3) is 0.360. The molecule has 1 aliphatic heterocycles. The monoisotopic (exact) mass is 480 g/mol. The number of likely N-dealkylation sites (tertiary alicyclic amines) is 1. The molecule has 2 N–H and O–H groups in total. The van der Waals surface area contributed by atoms with Gasteiger partial charge in [0.2, 0.25) is 0 Å². The smallest absolute Gasteiger partial charge is 0.255 e. The number of aryl methyl sites for hydroxylation is 1. The van der Waals surface area contributed by atoms with Crippen LogP contribution in [0.4, 0.5) is 15.9 Å². The summed E-state index contributed by atoms with van der Waals surface area (Å²) in [5.74, 6) is 0.222. The molecule has 7 nitrogen and oxygen atoms in total. The summed E-state index contributed by atoms with van der Waals surface area (Å²) in [6.07, 6.45) is 8.17. The number of amides is 1. The number of fused-ring (bicyclic) bond motifs is 1. The highest BCUT2D eigenvalue weighted by atomic mass is 35.5. The Bertz CT molecular complexity index is 1210. The lowest BCUT2D eigenvalue weighted by Crippen LogP contribution is -2.33. The van der Waals surface area contributed by atoms with Crippen molar-refractivity contribution in [3.63, 3.8) is 0 Å². The van der Waals surface area contributed by atoms with Crippen molar-refractivity contribution in [2.24, 2.45) is 0 Å². The fourth-order valence-electron chi connectivity index (χ4n) is 4.57. The van der Waals surface area contributed by atoms with E-state index in [1.807, 2.05) is 0 Å². The van der Waals surface area contributed by atoms with Crippen molar-refractivity contribution in [2.75, 3.05) is 31.5 Å². The summed E-state index contributed by atoms with van der Waals surface area (Å²) < 4.78 is 14.5. The van der Waals surface area contributed by atoms with Gasteiger partial charge in [0, 0.05) is 41.8 Å².